The third-order valence-corrected chi connectivity index (χ3v) is 3.78. The van der Waals surface area contributed by atoms with Crippen molar-refractivity contribution < 1.29 is 28.6 Å². The lowest BCUT2D eigenvalue weighted by molar-refractivity contribution is -0.142. The van der Waals surface area contributed by atoms with Crippen LogP contribution in [0.25, 0.3) is 6.08 Å². The topological polar surface area (TPSA) is 117 Å². The van der Waals surface area contributed by atoms with Crippen molar-refractivity contribution in [3.63, 3.8) is 0 Å². The van der Waals surface area contributed by atoms with Crippen molar-refractivity contribution in [1.29, 1.82) is 0 Å². The number of anilines is 1. The molecule has 2 aromatic rings. The summed E-state index contributed by atoms with van der Waals surface area (Å²) in [6, 6.07) is 11.3. The highest BCUT2D eigenvalue weighted by Gasteiger charge is 2.11. The summed E-state index contributed by atoms with van der Waals surface area (Å²) >= 11 is 0. The number of nitrogens with two attached hydrogens (primary N) is 1. The van der Waals surface area contributed by atoms with Crippen LogP contribution in [0.5, 0.6) is 11.5 Å². The number of rotatable bonds is 6. The van der Waals surface area contributed by atoms with E-state index in [1.165, 1.54) is 30.3 Å². The van der Waals surface area contributed by atoms with Crippen molar-refractivity contribution in [2.24, 2.45) is 5.73 Å². The molecule has 2 amide bonds. The first-order valence-electron chi connectivity index (χ1n) is 8.45. The molecule has 0 saturated heterocycles. The second-order valence-electron chi connectivity index (χ2n) is 5.83. The van der Waals surface area contributed by atoms with Gasteiger partial charge in [-0.25, -0.2) is 4.79 Å². The number of primary amides is 1. The van der Waals surface area contributed by atoms with E-state index in [9.17, 15) is 14.4 Å². The Morgan fingerprint density at radius 2 is 1.75 bits per heavy atom. The highest BCUT2D eigenvalue weighted by molar-refractivity contribution is 5.96. The van der Waals surface area contributed by atoms with Crippen LogP contribution in [0.1, 0.15) is 15.9 Å². The van der Waals surface area contributed by atoms with E-state index in [-0.39, 0.29) is 0 Å². The smallest absolute Gasteiger partial charge is 0.331 e. The molecule has 1 heterocycles. The van der Waals surface area contributed by atoms with Crippen molar-refractivity contribution in [3.05, 3.63) is 59.7 Å². The zero-order valence-corrected chi connectivity index (χ0v) is 14.8. The highest BCUT2D eigenvalue weighted by atomic mass is 16.6. The SMILES string of the molecule is NC(=O)c1ccc(NC(=O)COC(=O)/C=C/c2ccc3c(c2)OCCO3)cc1. The zero-order chi connectivity index (χ0) is 19.9. The fourth-order valence-corrected chi connectivity index (χ4v) is 2.43. The summed E-state index contributed by atoms with van der Waals surface area (Å²) in [4.78, 5) is 34.6. The number of hydrogen-bond donors (Lipinski definition) is 2. The minimum Gasteiger partial charge on any atom is -0.486 e. The summed E-state index contributed by atoms with van der Waals surface area (Å²) in [5, 5.41) is 2.55. The summed E-state index contributed by atoms with van der Waals surface area (Å²) in [6.45, 7) is 0.538. The largest absolute Gasteiger partial charge is 0.486 e. The van der Waals surface area contributed by atoms with Gasteiger partial charge < -0.3 is 25.3 Å². The van der Waals surface area contributed by atoms with Gasteiger partial charge in [-0.15, -0.1) is 0 Å². The van der Waals surface area contributed by atoms with E-state index in [2.05, 4.69) is 5.32 Å². The third kappa shape index (κ3) is 5.10. The number of hydrogen-bond acceptors (Lipinski definition) is 6. The minimum atomic E-state index is -0.658. The lowest BCUT2D eigenvalue weighted by Crippen LogP contribution is -2.20. The number of carbonyl (C=O) groups is 3. The Hall–Kier alpha value is -3.81. The average Bonchev–Trinajstić information content (AvgIpc) is 2.71. The molecule has 0 spiro atoms. The van der Waals surface area contributed by atoms with Crippen LogP contribution in [0.2, 0.25) is 0 Å². The normalized spacial score (nSPS) is 12.4. The van der Waals surface area contributed by atoms with E-state index in [0.29, 0.717) is 36.0 Å². The van der Waals surface area contributed by atoms with Crippen LogP contribution in [0.15, 0.2) is 48.5 Å². The molecule has 2 aromatic carbocycles. The van der Waals surface area contributed by atoms with Crippen LogP contribution >= 0.6 is 0 Å². The van der Waals surface area contributed by atoms with Gasteiger partial charge in [0.1, 0.15) is 13.2 Å². The second-order valence-corrected chi connectivity index (χ2v) is 5.83. The summed E-state index contributed by atoms with van der Waals surface area (Å²) in [5.74, 6) is -0.450. The molecule has 0 bridgehead atoms. The Bertz CT molecular complexity index is 921. The molecule has 1 aliphatic rings. The Kier molecular flexibility index (Phi) is 5.91. The number of amides is 2. The second kappa shape index (κ2) is 8.72. The maximum atomic E-state index is 11.8. The summed E-state index contributed by atoms with van der Waals surface area (Å²) < 4.78 is 15.8. The van der Waals surface area contributed by atoms with Gasteiger partial charge in [-0.1, -0.05) is 6.07 Å². The number of carbonyl (C=O) groups excluding carboxylic acids is 3. The van der Waals surface area contributed by atoms with Crippen molar-refractivity contribution in [3.8, 4) is 11.5 Å². The van der Waals surface area contributed by atoms with E-state index >= 15 is 0 Å². The van der Waals surface area contributed by atoms with Crippen LogP contribution in [-0.4, -0.2) is 37.6 Å². The predicted molar refractivity (Wildman–Crippen MR) is 101 cm³/mol. The van der Waals surface area contributed by atoms with Gasteiger partial charge in [0.25, 0.3) is 5.91 Å². The Balaban J connectivity index is 1.47. The monoisotopic (exact) mass is 382 g/mol. The van der Waals surface area contributed by atoms with E-state index in [4.69, 9.17) is 19.9 Å². The summed E-state index contributed by atoms with van der Waals surface area (Å²) in [5.41, 5.74) is 6.67. The molecule has 1 aliphatic heterocycles. The molecule has 0 radical (unpaired) electrons. The van der Waals surface area contributed by atoms with Gasteiger partial charge in [-0.05, 0) is 48.0 Å². The highest BCUT2D eigenvalue weighted by Crippen LogP contribution is 2.31. The van der Waals surface area contributed by atoms with Crippen molar-refractivity contribution in [2.75, 3.05) is 25.1 Å². The molecule has 0 saturated carbocycles. The molecule has 3 N–H and O–H groups in total. The number of nitrogens with one attached hydrogen (secondary N) is 1. The zero-order valence-electron chi connectivity index (χ0n) is 14.8. The fraction of sp³-hybridized carbons (Fsp3) is 0.150. The van der Waals surface area contributed by atoms with Crippen molar-refractivity contribution in [1.82, 2.24) is 0 Å². The first-order valence-corrected chi connectivity index (χ1v) is 8.45. The van der Waals surface area contributed by atoms with Crippen molar-refractivity contribution >= 4 is 29.5 Å². The third-order valence-electron chi connectivity index (χ3n) is 3.78. The fourth-order valence-electron chi connectivity index (χ4n) is 2.43. The van der Waals surface area contributed by atoms with Crippen molar-refractivity contribution in [2.45, 2.75) is 0 Å². The first-order chi connectivity index (χ1) is 13.5. The molecule has 8 heteroatoms. The molecule has 144 valence electrons. The molecule has 0 unspecified atom stereocenters. The molecular weight excluding hydrogens is 364 g/mol. The number of ether oxygens (including phenoxy) is 3. The molecular formula is C20H18N2O6. The van der Waals surface area contributed by atoms with Crippen LogP contribution in [0.3, 0.4) is 0 Å². The summed E-state index contributed by atoms with van der Waals surface area (Å²) in [7, 11) is 0. The van der Waals surface area contributed by atoms with E-state index < -0.39 is 24.4 Å². The first kappa shape index (κ1) is 19.0. The molecule has 0 aromatic heterocycles. The Morgan fingerprint density at radius 3 is 2.46 bits per heavy atom. The van der Waals surface area contributed by atoms with Gasteiger partial charge in [0.05, 0.1) is 0 Å². The van der Waals surface area contributed by atoms with E-state index in [1.54, 1.807) is 24.3 Å². The quantitative estimate of drug-likeness (QED) is 0.581. The van der Waals surface area contributed by atoms with Gasteiger partial charge in [0, 0.05) is 17.3 Å². The average molecular weight is 382 g/mol. The van der Waals surface area contributed by atoms with Crippen LogP contribution < -0.4 is 20.5 Å². The predicted octanol–water partition coefficient (Wildman–Crippen LogP) is 1.75. The van der Waals surface area contributed by atoms with Crippen LogP contribution in [-0.2, 0) is 14.3 Å². The maximum Gasteiger partial charge on any atom is 0.331 e. The summed E-state index contributed by atoms with van der Waals surface area (Å²) in [6.07, 6.45) is 2.78. The van der Waals surface area contributed by atoms with Gasteiger partial charge in [0.2, 0.25) is 5.91 Å². The van der Waals surface area contributed by atoms with E-state index in [0.717, 1.165) is 5.56 Å². The van der Waals surface area contributed by atoms with Gasteiger partial charge in [0.15, 0.2) is 18.1 Å². The van der Waals surface area contributed by atoms with E-state index in [1.807, 2.05) is 0 Å². The molecule has 28 heavy (non-hydrogen) atoms. The van der Waals surface area contributed by atoms with Crippen LogP contribution in [0, 0.1) is 0 Å². The molecule has 0 atom stereocenters. The standard InChI is InChI=1S/C20H18N2O6/c21-20(25)14-3-5-15(6-4-14)22-18(23)12-28-19(24)8-2-13-1-7-16-17(11-13)27-10-9-26-16/h1-8,11H,9-10,12H2,(H2,21,25)(H,22,23)/b8-2+. The lowest BCUT2D eigenvalue weighted by atomic mass is 10.2. The number of esters is 1. The Morgan fingerprint density at radius 1 is 1.04 bits per heavy atom. The van der Waals surface area contributed by atoms with Gasteiger partial charge >= 0.3 is 5.97 Å². The number of benzene rings is 2. The molecule has 0 aliphatic carbocycles. The van der Waals surface area contributed by atoms with Gasteiger partial charge in [-0.2, -0.15) is 0 Å². The molecule has 3 rings (SSSR count). The lowest BCUT2D eigenvalue weighted by Gasteiger charge is -2.18. The van der Waals surface area contributed by atoms with Crippen LogP contribution in [0.4, 0.5) is 5.69 Å². The Labute approximate surface area is 160 Å². The number of fused-ring (bicyclic) bond motifs is 1. The minimum absolute atomic E-state index is 0.328. The van der Waals surface area contributed by atoms with Gasteiger partial charge in [-0.3, -0.25) is 9.59 Å². The maximum absolute atomic E-state index is 11.8. The molecule has 8 nitrogen and oxygen atoms in total. The molecule has 0 fully saturated rings.